The molecule has 3 nitrogen and oxygen atoms in total. The lowest BCUT2D eigenvalue weighted by Crippen LogP contribution is -2.13. The molecule has 0 radical (unpaired) electrons. The maximum Gasteiger partial charge on any atom is 0.258 e. The smallest absolute Gasteiger partial charge is 0.258 e. The predicted molar refractivity (Wildman–Crippen MR) is 91.4 cm³/mol. The summed E-state index contributed by atoms with van der Waals surface area (Å²) in [7, 11) is 0. The molecule has 0 bridgehead atoms. The number of hydrogen-bond acceptors (Lipinski definition) is 4. The van der Waals surface area contributed by atoms with Crippen LogP contribution in [0.25, 0.3) is 0 Å². The van der Waals surface area contributed by atoms with E-state index in [1.807, 2.05) is 36.6 Å². The van der Waals surface area contributed by atoms with Crippen molar-refractivity contribution in [2.45, 2.75) is 23.3 Å². The van der Waals surface area contributed by atoms with Crippen LogP contribution in [0.3, 0.4) is 0 Å². The van der Waals surface area contributed by atoms with Gasteiger partial charge < -0.3 is 5.32 Å². The SMILES string of the molecule is CCCSc1ncccc1C(=O)Nc1cccc(SC)c1. The Labute approximate surface area is 133 Å². The number of carbonyl (C=O) groups is 1. The summed E-state index contributed by atoms with van der Waals surface area (Å²) in [6, 6.07) is 11.4. The third-order valence-electron chi connectivity index (χ3n) is 2.79. The second-order valence-corrected chi connectivity index (χ2v) is 6.35. The average Bonchev–Trinajstić information content (AvgIpc) is 2.53. The van der Waals surface area contributed by atoms with Gasteiger partial charge in [0.25, 0.3) is 5.91 Å². The molecule has 21 heavy (non-hydrogen) atoms. The highest BCUT2D eigenvalue weighted by Crippen LogP contribution is 2.23. The number of anilines is 1. The number of hydrogen-bond donors (Lipinski definition) is 1. The topological polar surface area (TPSA) is 42.0 Å². The highest BCUT2D eigenvalue weighted by molar-refractivity contribution is 7.99. The number of rotatable bonds is 6. The second-order valence-electron chi connectivity index (χ2n) is 4.39. The Morgan fingerprint density at radius 3 is 2.90 bits per heavy atom. The Morgan fingerprint density at radius 1 is 1.29 bits per heavy atom. The van der Waals surface area contributed by atoms with E-state index in [1.54, 1.807) is 35.8 Å². The summed E-state index contributed by atoms with van der Waals surface area (Å²) in [5, 5.41) is 3.73. The molecule has 0 spiro atoms. The molecule has 0 saturated heterocycles. The molecule has 1 amide bonds. The van der Waals surface area contributed by atoms with E-state index in [1.165, 1.54) is 0 Å². The monoisotopic (exact) mass is 318 g/mol. The molecule has 2 aromatic rings. The molecule has 1 aromatic heterocycles. The first-order valence-electron chi connectivity index (χ1n) is 6.77. The molecule has 0 fully saturated rings. The summed E-state index contributed by atoms with van der Waals surface area (Å²) < 4.78 is 0. The van der Waals surface area contributed by atoms with Crippen LogP contribution in [-0.2, 0) is 0 Å². The Morgan fingerprint density at radius 2 is 2.14 bits per heavy atom. The van der Waals surface area contributed by atoms with Crippen molar-refractivity contribution in [1.29, 1.82) is 0 Å². The summed E-state index contributed by atoms with van der Waals surface area (Å²) in [6.45, 7) is 2.11. The number of amides is 1. The molecule has 110 valence electrons. The Bertz CT molecular complexity index is 617. The number of nitrogens with one attached hydrogen (secondary N) is 1. The number of aromatic nitrogens is 1. The number of pyridine rings is 1. The van der Waals surface area contributed by atoms with Crippen molar-refractivity contribution in [3.8, 4) is 0 Å². The van der Waals surface area contributed by atoms with Crippen LogP contribution in [0.4, 0.5) is 5.69 Å². The first-order chi connectivity index (χ1) is 10.2. The van der Waals surface area contributed by atoms with Gasteiger partial charge in [-0.3, -0.25) is 4.79 Å². The van der Waals surface area contributed by atoms with E-state index in [-0.39, 0.29) is 5.91 Å². The molecule has 1 aromatic carbocycles. The van der Waals surface area contributed by atoms with Crippen LogP contribution in [-0.4, -0.2) is 22.9 Å². The van der Waals surface area contributed by atoms with Gasteiger partial charge in [-0.05, 0) is 48.8 Å². The van der Waals surface area contributed by atoms with Gasteiger partial charge in [-0.15, -0.1) is 23.5 Å². The molecule has 0 saturated carbocycles. The van der Waals surface area contributed by atoms with Crippen molar-refractivity contribution >= 4 is 35.1 Å². The lowest BCUT2D eigenvalue weighted by Gasteiger charge is -2.09. The van der Waals surface area contributed by atoms with Crippen molar-refractivity contribution in [3.63, 3.8) is 0 Å². The minimum Gasteiger partial charge on any atom is -0.322 e. The molecule has 2 rings (SSSR count). The maximum atomic E-state index is 12.4. The number of nitrogens with zero attached hydrogens (tertiary/aromatic N) is 1. The maximum absolute atomic E-state index is 12.4. The Balaban J connectivity index is 2.16. The van der Waals surface area contributed by atoms with Gasteiger partial charge in [0.05, 0.1) is 5.56 Å². The van der Waals surface area contributed by atoms with Gasteiger partial charge in [0.2, 0.25) is 0 Å². The summed E-state index contributed by atoms with van der Waals surface area (Å²) in [5.74, 6) is 0.846. The predicted octanol–water partition coefficient (Wildman–Crippen LogP) is 4.56. The number of carbonyl (C=O) groups excluding carboxylic acids is 1. The second kappa shape index (κ2) is 8.10. The molecule has 0 aliphatic heterocycles. The van der Waals surface area contributed by atoms with Gasteiger partial charge in [0, 0.05) is 16.8 Å². The standard InChI is InChI=1S/C16H18N2OS2/c1-3-10-21-16-14(8-5-9-17-16)15(19)18-12-6-4-7-13(11-12)20-2/h4-9,11H,3,10H2,1-2H3,(H,18,19). The van der Waals surface area contributed by atoms with E-state index in [0.717, 1.165) is 27.8 Å². The fourth-order valence-corrected chi connectivity index (χ4v) is 3.09. The van der Waals surface area contributed by atoms with E-state index in [0.29, 0.717) is 5.56 Å². The molecule has 0 unspecified atom stereocenters. The van der Waals surface area contributed by atoms with Gasteiger partial charge >= 0.3 is 0 Å². The summed E-state index contributed by atoms with van der Waals surface area (Å²) in [4.78, 5) is 17.9. The third kappa shape index (κ3) is 4.51. The minimum absolute atomic E-state index is 0.111. The van der Waals surface area contributed by atoms with E-state index >= 15 is 0 Å². The summed E-state index contributed by atoms with van der Waals surface area (Å²) in [6.07, 6.45) is 4.79. The van der Waals surface area contributed by atoms with Crippen LogP contribution >= 0.6 is 23.5 Å². The molecule has 1 N–H and O–H groups in total. The van der Waals surface area contributed by atoms with Crippen molar-refractivity contribution in [2.75, 3.05) is 17.3 Å². The molecule has 0 aliphatic carbocycles. The molecule has 0 atom stereocenters. The van der Waals surface area contributed by atoms with Crippen LogP contribution in [0.5, 0.6) is 0 Å². The molecular weight excluding hydrogens is 300 g/mol. The first kappa shape index (κ1) is 15.9. The third-order valence-corrected chi connectivity index (χ3v) is 4.72. The van der Waals surface area contributed by atoms with Crippen molar-refractivity contribution in [3.05, 3.63) is 48.2 Å². The van der Waals surface area contributed by atoms with Crippen LogP contribution in [0.2, 0.25) is 0 Å². The fraction of sp³-hybridized carbons (Fsp3) is 0.250. The summed E-state index contributed by atoms with van der Waals surface area (Å²) in [5.41, 5.74) is 1.44. The number of benzene rings is 1. The zero-order valence-electron chi connectivity index (χ0n) is 12.1. The van der Waals surface area contributed by atoms with Crippen LogP contribution in [0.1, 0.15) is 23.7 Å². The van der Waals surface area contributed by atoms with Crippen LogP contribution in [0.15, 0.2) is 52.5 Å². The minimum atomic E-state index is -0.111. The average molecular weight is 318 g/mol. The normalized spacial score (nSPS) is 10.4. The van der Waals surface area contributed by atoms with Crippen LogP contribution in [0, 0.1) is 0 Å². The molecule has 1 heterocycles. The van der Waals surface area contributed by atoms with E-state index in [9.17, 15) is 4.79 Å². The highest BCUT2D eigenvalue weighted by Gasteiger charge is 2.12. The largest absolute Gasteiger partial charge is 0.322 e. The van der Waals surface area contributed by atoms with E-state index < -0.39 is 0 Å². The van der Waals surface area contributed by atoms with Gasteiger partial charge in [-0.2, -0.15) is 0 Å². The number of thioether (sulfide) groups is 2. The Hall–Kier alpha value is -1.46. The molecular formula is C16H18N2OS2. The lowest BCUT2D eigenvalue weighted by molar-refractivity contribution is 0.102. The Kier molecular flexibility index (Phi) is 6.14. The van der Waals surface area contributed by atoms with Crippen molar-refractivity contribution in [2.24, 2.45) is 0 Å². The van der Waals surface area contributed by atoms with Crippen molar-refractivity contribution < 1.29 is 4.79 Å². The fourth-order valence-electron chi connectivity index (χ4n) is 1.78. The van der Waals surface area contributed by atoms with Gasteiger partial charge in [0.15, 0.2) is 0 Å². The van der Waals surface area contributed by atoms with Gasteiger partial charge in [-0.25, -0.2) is 4.98 Å². The van der Waals surface area contributed by atoms with Crippen LogP contribution < -0.4 is 5.32 Å². The highest BCUT2D eigenvalue weighted by atomic mass is 32.2. The quantitative estimate of drug-likeness (QED) is 0.793. The molecule has 5 heteroatoms. The first-order valence-corrected chi connectivity index (χ1v) is 8.99. The van der Waals surface area contributed by atoms with Gasteiger partial charge in [0.1, 0.15) is 5.03 Å². The lowest BCUT2D eigenvalue weighted by atomic mass is 10.2. The van der Waals surface area contributed by atoms with E-state index in [4.69, 9.17) is 0 Å². The molecule has 0 aliphatic rings. The van der Waals surface area contributed by atoms with Gasteiger partial charge in [-0.1, -0.05) is 13.0 Å². The zero-order valence-corrected chi connectivity index (χ0v) is 13.8. The van der Waals surface area contributed by atoms with E-state index in [2.05, 4.69) is 17.2 Å². The zero-order chi connectivity index (χ0) is 15.1. The van der Waals surface area contributed by atoms with Crippen molar-refractivity contribution in [1.82, 2.24) is 4.98 Å². The summed E-state index contributed by atoms with van der Waals surface area (Å²) >= 11 is 3.27.